The van der Waals surface area contributed by atoms with Crippen molar-refractivity contribution in [2.45, 2.75) is 39.2 Å². The van der Waals surface area contributed by atoms with Crippen LogP contribution in [-0.2, 0) is 0 Å². The summed E-state index contributed by atoms with van der Waals surface area (Å²) in [5, 5.41) is 12.1. The highest BCUT2D eigenvalue weighted by molar-refractivity contribution is 6.33. The van der Waals surface area contributed by atoms with Crippen LogP contribution in [0, 0.1) is 6.92 Å². The van der Waals surface area contributed by atoms with Crippen molar-refractivity contribution in [3.05, 3.63) is 22.7 Å². The van der Waals surface area contributed by atoms with Crippen molar-refractivity contribution in [1.29, 1.82) is 0 Å². The molecule has 0 spiro atoms. The molecule has 1 rings (SSSR count). The van der Waals surface area contributed by atoms with Crippen LogP contribution in [0.2, 0.25) is 5.02 Å². The summed E-state index contributed by atoms with van der Waals surface area (Å²) in [5.74, 6) is 0.146. The number of aliphatic hydroxyl groups excluding tert-OH is 1. The molecule has 5 nitrogen and oxygen atoms in total. The van der Waals surface area contributed by atoms with E-state index in [0.29, 0.717) is 18.7 Å². The molecule has 1 unspecified atom stereocenters. The average molecular weight is 272 g/mol. The fourth-order valence-corrected chi connectivity index (χ4v) is 1.70. The second-order valence-corrected chi connectivity index (χ2v) is 4.86. The number of aliphatic hydroxyl groups is 1. The molecule has 1 aromatic rings. The average Bonchev–Trinajstić information content (AvgIpc) is 2.32. The van der Waals surface area contributed by atoms with Gasteiger partial charge in [-0.1, -0.05) is 18.5 Å². The largest absolute Gasteiger partial charge is 0.396 e. The van der Waals surface area contributed by atoms with E-state index in [2.05, 4.69) is 15.3 Å². The Morgan fingerprint density at radius 3 is 2.83 bits per heavy atom. The van der Waals surface area contributed by atoms with Gasteiger partial charge in [0.1, 0.15) is 11.5 Å². The van der Waals surface area contributed by atoms with E-state index in [0.717, 1.165) is 0 Å². The van der Waals surface area contributed by atoms with E-state index in [1.807, 2.05) is 13.8 Å². The Labute approximate surface area is 112 Å². The first-order valence-electron chi connectivity index (χ1n) is 5.84. The van der Waals surface area contributed by atoms with Gasteiger partial charge in [0.05, 0.1) is 11.2 Å². The number of carbonyl (C=O) groups excluding carboxylic acids is 1. The molecule has 6 heteroatoms. The minimum absolute atomic E-state index is 0.0150. The Hall–Kier alpha value is -1.20. The molecule has 1 amide bonds. The van der Waals surface area contributed by atoms with Gasteiger partial charge in [-0.2, -0.15) is 0 Å². The first-order chi connectivity index (χ1) is 8.41. The molecule has 1 atom stereocenters. The predicted octanol–water partition coefficient (Wildman–Crippen LogP) is 1.72. The Bertz CT molecular complexity index is 439. The topological polar surface area (TPSA) is 75.1 Å². The first kappa shape index (κ1) is 14.9. The lowest BCUT2D eigenvalue weighted by Crippen LogP contribution is -2.46. The zero-order valence-corrected chi connectivity index (χ0v) is 11.6. The van der Waals surface area contributed by atoms with Gasteiger partial charge in [0.2, 0.25) is 0 Å². The van der Waals surface area contributed by atoms with Gasteiger partial charge in [-0.3, -0.25) is 4.79 Å². The van der Waals surface area contributed by atoms with Crippen LogP contribution in [0.25, 0.3) is 0 Å². The Kier molecular flexibility index (Phi) is 5.04. The minimum atomic E-state index is -0.464. The molecular weight excluding hydrogens is 254 g/mol. The van der Waals surface area contributed by atoms with Crippen molar-refractivity contribution >= 4 is 17.5 Å². The van der Waals surface area contributed by atoms with Crippen molar-refractivity contribution in [3.63, 3.8) is 0 Å². The quantitative estimate of drug-likeness (QED) is 0.855. The van der Waals surface area contributed by atoms with Crippen LogP contribution < -0.4 is 5.32 Å². The van der Waals surface area contributed by atoms with Crippen molar-refractivity contribution in [2.24, 2.45) is 0 Å². The standard InChI is InChI=1S/C12H18ClN3O2/c1-4-12(3,5-6-17)16-11(18)10-9(13)7-14-8(2)15-10/h7,17H,4-6H2,1-3H3,(H,16,18). The monoisotopic (exact) mass is 271 g/mol. The maximum Gasteiger partial charge on any atom is 0.271 e. The third-order valence-corrected chi connectivity index (χ3v) is 3.22. The first-order valence-corrected chi connectivity index (χ1v) is 6.22. The number of carbonyl (C=O) groups is 1. The van der Waals surface area contributed by atoms with E-state index >= 15 is 0 Å². The van der Waals surface area contributed by atoms with Gasteiger partial charge in [-0.15, -0.1) is 0 Å². The summed E-state index contributed by atoms with van der Waals surface area (Å²) < 4.78 is 0. The highest BCUT2D eigenvalue weighted by atomic mass is 35.5. The molecule has 0 bridgehead atoms. The molecule has 0 aliphatic carbocycles. The zero-order chi connectivity index (χ0) is 13.8. The van der Waals surface area contributed by atoms with E-state index in [-0.39, 0.29) is 23.2 Å². The van der Waals surface area contributed by atoms with Crippen molar-refractivity contribution in [1.82, 2.24) is 15.3 Å². The van der Waals surface area contributed by atoms with Gasteiger partial charge in [0.25, 0.3) is 5.91 Å². The number of hydrogen-bond acceptors (Lipinski definition) is 4. The summed E-state index contributed by atoms with van der Waals surface area (Å²) in [7, 11) is 0. The SMILES string of the molecule is CCC(C)(CCO)NC(=O)c1nc(C)ncc1Cl. The van der Waals surface area contributed by atoms with Crippen LogP contribution in [0.5, 0.6) is 0 Å². The Morgan fingerprint density at radius 1 is 1.61 bits per heavy atom. The van der Waals surface area contributed by atoms with Gasteiger partial charge < -0.3 is 10.4 Å². The van der Waals surface area contributed by atoms with Crippen LogP contribution in [0.1, 0.15) is 43.0 Å². The third-order valence-electron chi connectivity index (χ3n) is 2.94. The fraction of sp³-hybridized carbons (Fsp3) is 0.583. The van der Waals surface area contributed by atoms with Crippen molar-refractivity contribution in [3.8, 4) is 0 Å². The van der Waals surface area contributed by atoms with Gasteiger partial charge >= 0.3 is 0 Å². The summed E-state index contributed by atoms with van der Waals surface area (Å²) in [6.45, 7) is 5.53. The number of nitrogens with zero attached hydrogens (tertiary/aromatic N) is 2. The Morgan fingerprint density at radius 2 is 2.28 bits per heavy atom. The van der Waals surface area contributed by atoms with Crippen LogP contribution in [0.3, 0.4) is 0 Å². The zero-order valence-electron chi connectivity index (χ0n) is 10.8. The van der Waals surface area contributed by atoms with E-state index < -0.39 is 5.54 Å². The molecule has 100 valence electrons. The van der Waals surface area contributed by atoms with E-state index in [9.17, 15) is 4.79 Å². The van der Waals surface area contributed by atoms with Crippen LogP contribution >= 0.6 is 11.6 Å². The molecule has 2 N–H and O–H groups in total. The van der Waals surface area contributed by atoms with Crippen LogP contribution in [-0.4, -0.2) is 33.1 Å². The second kappa shape index (κ2) is 6.11. The number of halogens is 1. The predicted molar refractivity (Wildman–Crippen MR) is 69.6 cm³/mol. The lowest BCUT2D eigenvalue weighted by Gasteiger charge is -2.28. The minimum Gasteiger partial charge on any atom is -0.396 e. The van der Waals surface area contributed by atoms with Crippen molar-refractivity contribution < 1.29 is 9.90 Å². The normalized spacial score (nSPS) is 14.1. The lowest BCUT2D eigenvalue weighted by molar-refractivity contribution is 0.0880. The molecule has 1 heterocycles. The number of hydrogen-bond donors (Lipinski definition) is 2. The molecule has 0 radical (unpaired) electrons. The summed E-state index contributed by atoms with van der Waals surface area (Å²) in [6, 6.07) is 0. The molecule has 0 fully saturated rings. The second-order valence-electron chi connectivity index (χ2n) is 4.46. The molecule has 0 aliphatic heterocycles. The Balaban J connectivity index is 2.90. The van der Waals surface area contributed by atoms with Gasteiger partial charge in [0, 0.05) is 12.1 Å². The van der Waals surface area contributed by atoms with E-state index in [1.54, 1.807) is 6.92 Å². The number of nitrogens with one attached hydrogen (secondary N) is 1. The van der Waals surface area contributed by atoms with E-state index in [1.165, 1.54) is 6.20 Å². The highest BCUT2D eigenvalue weighted by Gasteiger charge is 2.26. The summed E-state index contributed by atoms with van der Waals surface area (Å²) >= 11 is 5.90. The van der Waals surface area contributed by atoms with Gasteiger partial charge in [-0.05, 0) is 26.7 Å². The molecule has 1 aromatic heterocycles. The molecule has 0 saturated heterocycles. The fourth-order valence-electron chi connectivity index (χ4n) is 1.52. The molecule has 18 heavy (non-hydrogen) atoms. The summed E-state index contributed by atoms with van der Waals surface area (Å²) in [4.78, 5) is 20.0. The van der Waals surface area contributed by atoms with E-state index in [4.69, 9.17) is 16.7 Å². The number of rotatable bonds is 5. The maximum atomic E-state index is 12.1. The van der Waals surface area contributed by atoms with Crippen LogP contribution in [0.15, 0.2) is 6.20 Å². The highest BCUT2D eigenvalue weighted by Crippen LogP contribution is 2.17. The van der Waals surface area contributed by atoms with Gasteiger partial charge in [-0.25, -0.2) is 9.97 Å². The third kappa shape index (κ3) is 3.65. The van der Waals surface area contributed by atoms with Crippen LogP contribution in [0.4, 0.5) is 0 Å². The summed E-state index contributed by atoms with van der Waals surface area (Å²) in [5.41, 5.74) is -0.296. The smallest absolute Gasteiger partial charge is 0.271 e. The molecule has 0 aromatic carbocycles. The van der Waals surface area contributed by atoms with Crippen molar-refractivity contribution in [2.75, 3.05) is 6.61 Å². The number of amides is 1. The molecule has 0 aliphatic rings. The number of aromatic nitrogens is 2. The summed E-state index contributed by atoms with van der Waals surface area (Å²) in [6.07, 6.45) is 2.60. The van der Waals surface area contributed by atoms with Gasteiger partial charge in [0.15, 0.2) is 0 Å². The number of aryl methyl sites for hydroxylation is 1. The molecule has 0 saturated carbocycles. The molecular formula is C12H18ClN3O2. The maximum absolute atomic E-state index is 12.1. The lowest BCUT2D eigenvalue weighted by atomic mass is 9.94.